The van der Waals surface area contributed by atoms with Gasteiger partial charge >= 0.3 is 0 Å². The van der Waals surface area contributed by atoms with Crippen molar-refractivity contribution >= 4 is 11.6 Å². The number of aromatic amines is 1. The van der Waals surface area contributed by atoms with Crippen molar-refractivity contribution in [3.8, 4) is 40.3 Å². The third-order valence-electron chi connectivity index (χ3n) is 4.66. The lowest BCUT2D eigenvalue weighted by molar-refractivity contribution is 0.421. The Bertz CT molecular complexity index is 1230. The molecule has 0 atom stereocenters. The molecule has 1 aliphatic carbocycles. The number of halogens is 2. The number of H-pyrrole nitrogens is 1. The van der Waals surface area contributed by atoms with Gasteiger partial charge in [0.2, 0.25) is 0 Å². The summed E-state index contributed by atoms with van der Waals surface area (Å²) in [6, 6.07) is 9.84. The molecule has 0 aliphatic heterocycles. The minimum absolute atomic E-state index is 0.111. The summed E-state index contributed by atoms with van der Waals surface area (Å²) in [5, 5.41) is 13.6. The zero-order valence-electron chi connectivity index (χ0n) is 14.9. The van der Waals surface area contributed by atoms with E-state index in [1.54, 1.807) is 24.4 Å². The van der Waals surface area contributed by atoms with Crippen molar-refractivity contribution in [2.75, 3.05) is 0 Å². The van der Waals surface area contributed by atoms with Crippen LogP contribution in [-0.2, 0) is 0 Å². The fourth-order valence-corrected chi connectivity index (χ4v) is 3.27. The lowest BCUT2D eigenvalue weighted by Crippen LogP contribution is -1.89. The van der Waals surface area contributed by atoms with Gasteiger partial charge in [-0.15, -0.1) is 0 Å². The number of nitrogens with one attached hydrogen (secondary N) is 1. The maximum atomic E-state index is 14.2. The number of nitriles is 1. The molecule has 1 N–H and O–H groups in total. The van der Waals surface area contributed by atoms with Gasteiger partial charge in [0, 0.05) is 17.7 Å². The van der Waals surface area contributed by atoms with Crippen LogP contribution in [0.25, 0.3) is 34.2 Å². The van der Waals surface area contributed by atoms with E-state index < -0.39 is 5.82 Å². The summed E-state index contributed by atoms with van der Waals surface area (Å²) < 4.78 is 19.5. The summed E-state index contributed by atoms with van der Waals surface area (Å²) in [4.78, 5) is 15.9. The molecule has 0 radical (unpaired) electrons. The zero-order chi connectivity index (χ0) is 20.0. The average molecular weight is 407 g/mol. The van der Waals surface area contributed by atoms with E-state index in [9.17, 15) is 9.65 Å². The van der Waals surface area contributed by atoms with Gasteiger partial charge in [0.1, 0.15) is 23.4 Å². The van der Waals surface area contributed by atoms with Gasteiger partial charge in [-0.25, -0.2) is 9.37 Å². The summed E-state index contributed by atoms with van der Waals surface area (Å²) in [6.07, 6.45) is 3.73. The third-order valence-corrected chi connectivity index (χ3v) is 4.98. The van der Waals surface area contributed by atoms with Gasteiger partial charge in [-0.3, -0.25) is 4.98 Å². The van der Waals surface area contributed by atoms with Crippen molar-refractivity contribution in [3.05, 3.63) is 58.9 Å². The van der Waals surface area contributed by atoms with E-state index in [2.05, 4.69) is 25.1 Å². The average Bonchev–Trinajstić information content (AvgIpc) is 3.31. The van der Waals surface area contributed by atoms with Gasteiger partial charge in [-0.05, 0) is 37.1 Å². The Labute approximate surface area is 169 Å². The van der Waals surface area contributed by atoms with Crippen LogP contribution in [-0.4, -0.2) is 25.1 Å². The first-order valence-electron chi connectivity index (χ1n) is 8.89. The molecule has 1 saturated carbocycles. The van der Waals surface area contributed by atoms with Crippen molar-refractivity contribution in [3.63, 3.8) is 0 Å². The molecule has 3 heterocycles. The Hall–Kier alpha value is -3.57. The predicted molar refractivity (Wildman–Crippen MR) is 102 cm³/mol. The smallest absolute Gasteiger partial charge is 0.276 e. The summed E-state index contributed by atoms with van der Waals surface area (Å²) in [6.45, 7) is 0. The maximum Gasteiger partial charge on any atom is 0.276 e. The van der Waals surface area contributed by atoms with E-state index in [4.69, 9.17) is 16.1 Å². The number of benzene rings is 1. The second-order valence-electron chi connectivity index (χ2n) is 6.68. The van der Waals surface area contributed by atoms with Gasteiger partial charge < -0.3 is 9.51 Å². The summed E-state index contributed by atoms with van der Waals surface area (Å²) >= 11 is 6.11. The Morgan fingerprint density at radius 3 is 2.76 bits per heavy atom. The largest absolute Gasteiger partial charge is 0.337 e. The van der Waals surface area contributed by atoms with Crippen molar-refractivity contribution in [1.82, 2.24) is 25.1 Å². The van der Waals surface area contributed by atoms with Crippen LogP contribution in [0.4, 0.5) is 4.39 Å². The first kappa shape index (κ1) is 17.5. The van der Waals surface area contributed by atoms with E-state index in [1.165, 1.54) is 12.1 Å². The fourth-order valence-electron chi connectivity index (χ4n) is 3.02. The number of hydrogen-bond acceptors (Lipinski definition) is 6. The normalized spacial score (nSPS) is 13.4. The zero-order valence-corrected chi connectivity index (χ0v) is 15.6. The number of aromatic nitrogens is 5. The third kappa shape index (κ3) is 3.15. The number of rotatable bonds is 4. The molecule has 0 unspecified atom stereocenters. The molecule has 0 amide bonds. The molecule has 1 aliphatic rings. The molecule has 5 rings (SSSR count). The van der Waals surface area contributed by atoms with Crippen molar-refractivity contribution < 1.29 is 8.91 Å². The Morgan fingerprint density at radius 2 is 2.07 bits per heavy atom. The molecule has 29 heavy (non-hydrogen) atoms. The van der Waals surface area contributed by atoms with Crippen LogP contribution in [0, 0.1) is 17.1 Å². The van der Waals surface area contributed by atoms with Crippen LogP contribution >= 0.6 is 11.6 Å². The minimum Gasteiger partial charge on any atom is -0.337 e. The van der Waals surface area contributed by atoms with Crippen LogP contribution in [0.2, 0.25) is 5.02 Å². The van der Waals surface area contributed by atoms with Gasteiger partial charge in [0.15, 0.2) is 11.5 Å². The Balaban J connectivity index is 1.50. The van der Waals surface area contributed by atoms with Crippen LogP contribution in [0.1, 0.15) is 30.3 Å². The van der Waals surface area contributed by atoms with Crippen molar-refractivity contribution in [2.45, 2.75) is 18.8 Å². The molecule has 142 valence electrons. The van der Waals surface area contributed by atoms with Crippen LogP contribution in [0.5, 0.6) is 0 Å². The SMILES string of the molecule is N#Cc1nc(-c2c(F)cccc2Cl)[nH]c1-c1ccc(-c2nc(C3CC3)no2)nc1. The highest BCUT2D eigenvalue weighted by Gasteiger charge is 2.29. The highest BCUT2D eigenvalue weighted by molar-refractivity contribution is 6.33. The first-order chi connectivity index (χ1) is 14.1. The molecule has 0 saturated heterocycles. The standard InChI is InChI=1S/C20H12ClFN6O/c21-12-2-1-3-13(22)16(12)19-25-15(8-23)17(26-19)11-6-7-14(24-9-11)20-27-18(28-29-20)10-4-5-10/h1-3,6-7,9-10H,4-5H2,(H,25,26). The van der Waals surface area contributed by atoms with Crippen LogP contribution in [0.3, 0.4) is 0 Å². The van der Waals surface area contributed by atoms with E-state index >= 15 is 0 Å². The molecule has 4 aromatic rings. The lowest BCUT2D eigenvalue weighted by atomic mass is 10.1. The van der Waals surface area contributed by atoms with E-state index in [0.717, 1.165) is 12.8 Å². The molecular formula is C20H12ClFN6O. The molecule has 0 bridgehead atoms. The molecule has 7 nitrogen and oxygen atoms in total. The molecule has 1 aromatic carbocycles. The Morgan fingerprint density at radius 1 is 1.21 bits per heavy atom. The van der Waals surface area contributed by atoms with E-state index in [1.807, 2.05) is 6.07 Å². The number of imidazole rings is 1. The summed E-state index contributed by atoms with van der Waals surface area (Å²) in [5.41, 5.74) is 1.79. The first-order valence-corrected chi connectivity index (χ1v) is 9.26. The van der Waals surface area contributed by atoms with Gasteiger partial charge in [0.25, 0.3) is 5.89 Å². The number of pyridine rings is 1. The number of nitrogens with zero attached hydrogens (tertiary/aromatic N) is 5. The summed E-state index contributed by atoms with van der Waals surface area (Å²) in [5.74, 6) is 1.09. The van der Waals surface area contributed by atoms with Crippen molar-refractivity contribution in [1.29, 1.82) is 5.26 Å². The summed E-state index contributed by atoms with van der Waals surface area (Å²) in [7, 11) is 0. The van der Waals surface area contributed by atoms with Gasteiger partial charge in [0.05, 0.1) is 16.3 Å². The number of hydrogen-bond donors (Lipinski definition) is 1. The molecule has 0 spiro atoms. The second-order valence-corrected chi connectivity index (χ2v) is 7.09. The molecular weight excluding hydrogens is 395 g/mol. The van der Waals surface area contributed by atoms with Gasteiger partial charge in [-0.2, -0.15) is 10.2 Å². The van der Waals surface area contributed by atoms with Crippen molar-refractivity contribution in [2.24, 2.45) is 0 Å². The quantitative estimate of drug-likeness (QED) is 0.525. The fraction of sp³-hybridized carbons (Fsp3) is 0.150. The van der Waals surface area contributed by atoms with Crippen LogP contribution in [0.15, 0.2) is 41.1 Å². The lowest BCUT2D eigenvalue weighted by Gasteiger charge is -2.02. The second kappa shape index (κ2) is 6.79. The predicted octanol–water partition coefficient (Wildman–Crippen LogP) is 4.73. The molecule has 9 heteroatoms. The minimum atomic E-state index is -0.529. The maximum absolute atomic E-state index is 14.2. The highest BCUT2D eigenvalue weighted by Crippen LogP contribution is 2.39. The Kier molecular flexibility index (Phi) is 4.11. The molecule has 3 aromatic heterocycles. The van der Waals surface area contributed by atoms with Gasteiger partial charge in [-0.1, -0.05) is 22.8 Å². The van der Waals surface area contributed by atoms with E-state index in [0.29, 0.717) is 34.6 Å². The topological polar surface area (TPSA) is 104 Å². The monoisotopic (exact) mass is 406 g/mol. The molecule has 1 fully saturated rings. The van der Waals surface area contributed by atoms with E-state index in [-0.39, 0.29) is 22.1 Å². The highest BCUT2D eigenvalue weighted by atomic mass is 35.5. The van der Waals surface area contributed by atoms with Crippen LogP contribution < -0.4 is 0 Å².